The van der Waals surface area contributed by atoms with E-state index in [2.05, 4.69) is 22.8 Å². The van der Waals surface area contributed by atoms with Gasteiger partial charge in [0.15, 0.2) is 0 Å². The Bertz CT molecular complexity index is 576. The summed E-state index contributed by atoms with van der Waals surface area (Å²) in [6, 6.07) is 12.1. The highest BCUT2D eigenvalue weighted by Crippen LogP contribution is 2.29. The van der Waals surface area contributed by atoms with Crippen LogP contribution in [-0.4, -0.2) is 12.5 Å². The van der Waals surface area contributed by atoms with E-state index >= 15 is 0 Å². The van der Waals surface area contributed by atoms with Crippen molar-refractivity contribution in [1.29, 1.82) is 0 Å². The van der Waals surface area contributed by atoms with Crippen molar-refractivity contribution in [1.82, 2.24) is 5.32 Å². The third-order valence-corrected chi connectivity index (χ3v) is 5.51. The van der Waals surface area contributed by atoms with Crippen molar-refractivity contribution in [2.75, 3.05) is 6.54 Å². The minimum Gasteiger partial charge on any atom is -0.352 e. The first kappa shape index (κ1) is 13.7. The quantitative estimate of drug-likeness (QED) is 0.811. The first-order chi connectivity index (χ1) is 9.83. The van der Waals surface area contributed by atoms with E-state index in [9.17, 15) is 4.79 Å². The number of carbonyl (C=O) groups is 1. The van der Waals surface area contributed by atoms with Gasteiger partial charge in [0.2, 0.25) is 0 Å². The van der Waals surface area contributed by atoms with Crippen LogP contribution in [0.1, 0.15) is 28.1 Å². The van der Waals surface area contributed by atoms with E-state index in [1.54, 1.807) is 23.1 Å². The van der Waals surface area contributed by atoms with Crippen molar-refractivity contribution in [2.45, 2.75) is 23.5 Å². The van der Waals surface area contributed by atoms with Gasteiger partial charge in [-0.2, -0.15) is 0 Å². The average molecular weight is 303 g/mol. The molecule has 20 heavy (non-hydrogen) atoms. The average Bonchev–Trinajstić information content (AvgIpc) is 3.17. The fraction of sp³-hybridized carbons (Fsp3) is 0.312. The first-order valence-electron chi connectivity index (χ1n) is 6.85. The zero-order valence-electron chi connectivity index (χ0n) is 11.2. The number of thioether (sulfide) groups is 1. The molecule has 0 bridgehead atoms. The topological polar surface area (TPSA) is 29.1 Å². The van der Waals surface area contributed by atoms with Crippen molar-refractivity contribution in [3.63, 3.8) is 0 Å². The molecule has 1 fully saturated rings. The van der Waals surface area contributed by atoms with E-state index in [1.165, 1.54) is 17.7 Å². The Kier molecular flexibility index (Phi) is 4.43. The Hall–Kier alpha value is -1.26. The summed E-state index contributed by atoms with van der Waals surface area (Å²) in [5, 5.41) is 5.13. The first-order valence-corrected chi connectivity index (χ1v) is 8.72. The van der Waals surface area contributed by atoms with E-state index in [1.807, 2.05) is 24.3 Å². The summed E-state index contributed by atoms with van der Waals surface area (Å²) in [4.78, 5) is 14.6. The molecular formula is C16H17NOS2. The van der Waals surface area contributed by atoms with Crippen LogP contribution in [0.4, 0.5) is 0 Å². The Morgan fingerprint density at radius 3 is 2.85 bits per heavy atom. The molecule has 4 heteroatoms. The van der Waals surface area contributed by atoms with Crippen LogP contribution in [0.2, 0.25) is 0 Å². The van der Waals surface area contributed by atoms with Gasteiger partial charge in [-0.05, 0) is 42.3 Å². The Morgan fingerprint density at radius 1 is 1.25 bits per heavy atom. The van der Waals surface area contributed by atoms with Crippen molar-refractivity contribution >= 4 is 29.0 Å². The standard InChI is InChI=1S/C16H17NOS2/c18-16(17-10-12-7-8-12)14-5-1-2-6-15(14)20-11-13-4-3-9-19-13/h1-6,9,12H,7-8,10-11H2,(H,17,18). The predicted octanol–water partition coefficient (Wildman–Crippen LogP) is 4.18. The molecule has 0 saturated heterocycles. The van der Waals surface area contributed by atoms with Gasteiger partial charge in [0.05, 0.1) is 5.56 Å². The second kappa shape index (κ2) is 6.46. The maximum atomic E-state index is 12.2. The maximum Gasteiger partial charge on any atom is 0.252 e. The number of amides is 1. The largest absolute Gasteiger partial charge is 0.352 e. The SMILES string of the molecule is O=C(NCC1CC1)c1ccccc1SCc1cccs1. The molecule has 2 nitrogen and oxygen atoms in total. The van der Waals surface area contributed by atoms with Gasteiger partial charge in [-0.25, -0.2) is 0 Å². The van der Waals surface area contributed by atoms with Gasteiger partial charge >= 0.3 is 0 Å². The Balaban J connectivity index is 1.65. The minimum absolute atomic E-state index is 0.0613. The molecule has 0 radical (unpaired) electrons. The Labute approximate surface area is 127 Å². The summed E-state index contributed by atoms with van der Waals surface area (Å²) in [5.41, 5.74) is 0.801. The zero-order chi connectivity index (χ0) is 13.8. The molecule has 1 amide bonds. The molecule has 0 spiro atoms. The molecule has 3 rings (SSSR count). The highest BCUT2D eigenvalue weighted by atomic mass is 32.2. The second-order valence-electron chi connectivity index (χ2n) is 5.02. The van der Waals surface area contributed by atoms with Crippen LogP contribution >= 0.6 is 23.1 Å². The highest BCUT2D eigenvalue weighted by molar-refractivity contribution is 7.98. The number of thiophene rings is 1. The zero-order valence-corrected chi connectivity index (χ0v) is 12.8. The number of hydrogen-bond donors (Lipinski definition) is 1. The number of hydrogen-bond acceptors (Lipinski definition) is 3. The van der Waals surface area contributed by atoms with Crippen molar-refractivity contribution in [2.24, 2.45) is 5.92 Å². The molecule has 1 N–H and O–H groups in total. The predicted molar refractivity (Wildman–Crippen MR) is 85.4 cm³/mol. The third kappa shape index (κ3) is 3.64. The van der Waals surface area contributed by atoms with Gasteiger partial charge < -0.3 is 5.32 Å². The molecule has 1 aromatic heterocycles. The number of benzene rings is 1. The molecular weight excluding hydrogens is 286 g/mol. The van der Waals surface area contributed by atoms with Crippen LogP contribution in [-0.2, 0) is 5.75 Å². The van der Waals surface area contributed by atoms with E-state index in [0.29, 0.717) is 5.92 Å². The Morgan fingerprint density at radius 2 is 2.10 bits per heavy atom. The van der Waals surface area contributed by atoms with Crippen molar-refractivity contribution in [3.05, 3.63) is 52.2 Å². The van der Waals surface area contributed by atoms with E-state index in [0.717, 1.165) is 22.8 Å². The van der Waals surface area contributed by atoms with Gasteiger partial charge in [-0.15, -0.1) is 23.1 Å². The molecule has 104 valence electrons. The summed E-state index contributed by atoms with van der Waals surface area (Å²) in [6.07, 6.45) is 2.52. The fourth-order valence-electron chi connectivity index (χ4n) is 1.98. The van der Waals surface area contributed by atoms with Crippen LogP contribution in [0.5, 0.6) is 0 Å². The molecule has 0 atom stereocenters. The van der Waals surface area contributed by atoms with E-state index in [-0.39, 0.29) is 5.91 Å². The van der Waals surface area contributed by atoms with E-state index in [4.69, 9.17) is 0 Å². The second-order valence-corrected chi connectivity index (χ2v) is 7.07. The highest BCUT2D eigenvalue weighted by Gasteiger charge is 2.22. The number of rotatable bonds is 6. The minimum atomic E-state index is 0.0613. The molecule has 1 aromatic carbocycles. The van der Waals surface area contributed by atoms with Crippen LogP contribution in [0.15, 0.2) is 46.7 Å². The summed E-state index contributed by atoms with van der Waals surface area (Å²) in [5.74, 6) is 1.70. The summed E-state index contributed by atoms with van der Waals surface area (Å²) in [6.45, 7) is 0.822. The number of nitrogens with one attached hydrogen (secondary N) is 1. The summed E-state index contributed by atoms with van der Waals surface area (Å²) in [7, 11) is 0. The lowest BCUT2D eigenvalue weighted by Gasteiger charge is -2.09. The summed E-state index contributed by atoms with van der Waals surface area (Å²) >= 11 is 3.49. The van der Waals surface area contributed by atoms with Gasteiger partial charge in [0.25, 0.3) is 5.91 Å². The van der Waals surface area contributed by atoms with Crippen LogP contribution in [0, 0.1) is 5.92 Å². The smallest absolute Gasteiger partial charge is 0.252 e. The maximum absolute atomic E-state index is 12.2. The van der Waals surface area contributed by atoms with Crippen molar-refractivity contribution < 1.29 is 4.79 Å². The van der Waals surface area contributed by atoms with Crippen LogP contribution < -0.4 is 5.32 Å². The lowest BCUT2D eigenvalue weighted by atomic mass is 10.2. The van der Waals surface area contributed by atoms with Gasteiger partial charge in [-0.1, -0.05) is 18.2 Å². The van der Waals surface area contributed by atoms with E-state index < -0.39 is 0 Å². The lowest BCUT2D eigenvalue weighted by molar-refractivity contribution is 0.0949. The molecule has 0 unspecified atom stereocenters. The van der Waals surface area contributed by atoms with Gasteiger partial charge in [-0.3, -0.25) is 4.79 Å². The monoisotopic (exact) mass is 303 g/mol. The number of carbonyl (C=O) groups excluding carboxylic acids is 1. The van der Waals surface area contributed by atoms with Gasteiger partial charge in [0.1, 0.15) is 0 Å². The molecule has 1 heterocycles. The van der Waals surface area contributed by atoms with Gasteiger partial charge in [0, 0.05) is 22.1 Å². The van der Waals surface area contributed by atoms with Crippen LogP contribution in [0.25, 0.3) is 0 Å². The molecule has 1 aliphatic rings. The molecule has 1 saturated carbocycles. The lowest BCUT2D eigenvalue weighted by Crippen LogP contribution is -2.25. The van der Waals surface area contributed by atoms with Crippen molar-refractivity contribution in [3.8, 4) is 0 Å². The fourth-order valence-corrected chi connectivity index (χ4v) is 3.80. The molecule has 1 aliphatic carbocycles. The normalized spacial score (nSPS) is 14.2. The van der Waals surface area contributed by atoms with Crippen LogP contribution in [0.3, 0.4) is 0 Å². The third-order valence-electron chi connectivity index (χ3n) is 3.33. The molecule has 0 aliphatic heterocycles. The summed E-state index contributed by atoms with van der Waals surface area (Å²) < 4.78 is 0. The molecule has 2 aromatic rings.